The second kappa shape index (κ2) is 7.99. The van der Waals surface area contributed by atoms with Crippen molar-refractivity contribution in [3.63, 3.8) is 0 Å². The van der Waals surface area contributed by atoms with Gasteiger partial charge in [-0.3, -0.25) is 0 Å². The van der Waals surface area contributed by atoms with E-state index in [-0.39, 0.29) is 12.1 Å². The van der Waals surface area contributed by atoms with Crippen molar-refractivity contribution in [1.29, 1.82) is 0 Å². The van der Waals surface area contributed by atoms with Gasteiger partial charge >= 0.3 is 0 Å². The number of anilines is 4. The number of aryl methyl sites for hydroxylation is 1. The first kappa shape index (κ1) is 18.6. The first-order chi connectivity index (χ1) is 12.9. The second-order valence-corrected chi connectivity index (χ2v) is 6.26. The normalized spacial score (nSPS) is 10.7. The van der Waals surface area contributed by atoms with E-state index in [4.69, 9.17) is 4.74 Å². The lowest BCUT2D eigenvalue weighted by molar-refractivity contribution is 0.244. The highest BCUT2D eigenvalue weighted by molar-refractivity contribution is 5.65. The molecule has 2 aromatic carbocycles. The zero-order valence-corrected chi connectivity index (χ0v) is 15.3. The van der Waals surface area contributed by atoms with Crippen molar-refractivity contribution in [3.8, 4) is 5.75 Å². The molecule has 140 valence electrons. The van der Waals surface area contributed by atoms with Crippen molar-refractivity contribution in [2.24, 2.45) is 0 Å². The Morgan fingerprint density at radius 3 is 2.44 bits per heavy atom. The van der Waals surface area contributed by atoms with Crippen LogP contribution in [0.2, 0.25) is 0 Å². The number of benzene rings is 2. The van der Waals surface area contributed by atoms with Crippen LogP contribution in [-0.2, 0) is 0 Å². The van der Waals surface area contributed by atoms with E-state index in [0.717, 1.165) is 17.8 Å². The van der Waals surface area contributed by atoms with Crippen LogP contribution in [0.15, 0.2) is 48.5 Å². The predicted molar refractivity (Wildman–Crippen MR) is 102 cm³/mol. The van der Waals surface area contributed by atoms with E-state index < -0.39 is 11.6 Å². The van der Waals surface area contributed by atoms with E-state index in [9.17, 15) is 8.78 Å². The van der Waals surface area contributed by atoms with Crippen LogP contribution in [0, 0.1) is 18.6 Å². The average molecular weight is 370 g/mol. The number of para-hydroxylation sites is 2. The fourth-order valence-corrected chi connectivity index (χ4v) is 2.46. The van der Waals surface area contributed by atoms with Crippen LogP contribution in [0.4, 0.5) is 31.9 Å². The molecule has 0 radical (unpaired) electrons. The van der Waals surface area contributed by atoms with Crippen LogP contribution in [0.5, 0.6) is 5.75 Å². The van der Waals surface area contributed by atoms with Gasteiger partial charge in [-0.2, -0.15) is 4.98 Å². The molecule has 0 saturated heterocycles. The van der Waals surface area contributed by atoms with Gasteiger partial charge in [-0.1, -0.05) is 12.1 Å². The quantitative estimate of drug-likeness (QED) is 0.613. The Balaban J connectivity index is 1.84. The first-order valence-corrected chi connectivity index (χ1v) is 8.51. The Morgan fingerprint density at radius 2 is 1.70 bits per heavy atom. The molecule has 0 saturated carbocycles. The number of nitrogens with one attached hydrogen (secondary N) is 2. The van der Waals surface area contributed by atoms with Crippen molar-refractivity contribution >= 4 is 23.1 Å². The monoisotopic (exact) mass is 370 g/mol. The fourth-order valence-electron chi connectivity index (χ4n) is 2.46. The molecule has 7 heteroatoms. The molecule has 3 aromatic rings. The van der Waals surface area contributed by atoms with Crippen molar-refractivity contribution < 1.29 is 13.5 Å². The van der Waals surface area contributed by atoms with Crippen LogP contribution < -0.4 is 15.4 Å². The summed E-state index contributed by atoms with van der Waals surface area (Å²) in [7, 11) is 0. The number of aromatic nitrogens is 2. The molecular formula is C20H20F2N4O. The molecular weight excluding hydrogens is 350 g/mol. The smallest absolute Gasteiger partial charge is 0.229 e. The van der Waals surface area contributed by atoms with E-state index >= 15 is 0 Å². The molecule has 1 heterocycles. The summed E-state index contributed by atoms with van der Waals surface area (Å²) in [5.41, 5.74) is 1.83. The minimum absolute atomic E-state index is 0.0330. The minimum Gasteiger partial charge on any atom is -0.489 e. The SMILES string of the molecule is Cc1cc(Nc2ccccc2OC(C)C)nc(Nc2ccc(F)c(F)c2)n1. The molecule has 0 aliphatic carbocycles. The summed E-state index contributed by atoms with van der Waals surface area (Å²) < 4.78 is 32.3. The Morgan fingerprint density at radius 1 is 0.926 bits per heavy atom. The molecule has 0 spiro atoms. The van der Waals surface area contributed by atoms with E-state index in [1.54, 1.807) is 6.07 Å². The Bertz CT molecular complexity index is 947. The number of nitrogens with zero attached hydrogens (tertiary/aromatic N) is 2. The lowest BCUT2D eigenvalue weighted by Gasteiger charge is -2.15. The van der Waals surface area contributed by atoms with Crippen LogP contribution in [0.3, 0.4) is 0 Å². The Labute approximate surface area is 156 Å². The van der Waals surface area contributed by atoms with Gasteiger partial charge in [-0.05, 0) is 45.0 Å². The lowest BCUT2D eigenvalue weighted by Crippen LogP contribution is -2.08. The van der Waals surface area contributed by atoms with Gasteiger partial charge in [0.05, 0.1) is 11.8 Å². The molecule has 0 bridgehead atoms. The zero-order valence-electron chi connectivity index (χ0n) is 15.3. The van der Waals surface area contributed by atoms with E-state index in [2.05, 4.69) is 20.6 Å². The van der Waals surface area contributed by atoms with Crippen molar-refractivity contribution in [1.82, 2.24) is 9.97 Å². The van der Waals surface area contributed by atoms with Gasteiger partial charge in [0.1, 0.15) is 11.6 Å². The van der Waals surface area contributed by atoms with Gasteiger partial charge in [-0.15, -0.1) is 0 Å². The highest BCUT2D eigenvalue weighted by Gasteiger charge is 2.09. The summed E-state index contributed by atoms with van der Waals surface area (Å²) in [5.74, 6) is -0.322. The van der Waals surface area contributed by atoms with Crippen LogP contribution in [0.1, 0.15) is 19.5 Å². The highest BCUT2D eigenvalue weighted by atomic mass is 19.2. The Hall–Kier alpha value is -3.22. The topological polar surface area (TPSA) is 59.1 Å². The van der Waals surface area contributed by atoms with Crippen LogP contribution >= 0.6 is 0 Å². The third-order valence-electron chi connectivity index (χ3n) is 3.54. The number of hydrogen-bond acceptors (Lipinski definition) is 5. The molecule has 0 unspecified atom stereocenters. The maximum absolute atomic E-state index is 13.4. The van der Waals surface area contributed by atoms with Crippen LogP contribution in [-0.4, -0.2) is 16.1 Å². The van der Waals surface area contributed by atoms with Gasteiger partial charge in [0.2, 0.25) is 5.95 Å². The minimum atomic E-state index is -0.939. The molecule has 5 nitrogen and oxygen atoms in total. The average Bonchev–Trinajstić information content (AvgIpc) is 2.59. The summed E-state index contributed by atoms with van der Waals surface area (Å²) >= 11 is 0. The number of halogens is 2. The second-order valence-electron chi connectivity index (χ2n) is 6.26. The molecule has 27 heavy (non-hydrogen) atoms. The molecule has 0 fully saturated rings. The molecule has 2 N–H and O–H groups in total. The van der Waals surface area contributed by atoms with Crippen molar-refractivity contribution in [3.05, 3.63) is 65.9 Å². The standard InChI is InChI=1S/C20H20F2N4O/c1-12(2)27-18-7-5-4-6-17(18)25-19-10-13(3)23-20(26-19)24-14-8-9-15(21)16(22)11-14/h4-12H,1-3H3,(H2,23,24,25,26). The molecule has 1 aromatic heterocycles. The maximum atomic E-state index is 13.4. The Kier molecular flexibility index (Phi) is 5.49. The van der Waals surface area contributed by atoms with Gasteiger partial charge < -0.3 is 15.4 Å². The maximum Gasteiger partial charge on any atom is 0.229 e. The summed E-state index contributed by atoms with van der Waals surface area (Å²) in [6.45, 7) is 5.73. The fraction of sp³-hybridized carbons (Fsp3) is 0.200. The summed E-state index contributed by atoms with van der Waals surface area (Å²) in [6.07, 6.45) is 0.0330. The van der Waals surface area contributed by atoms with Gasteiger partial charge in [0.25, 0.3) is 0 Å². The number of ether oxygens (including phenoxy) is 1. The van der Waals surface area contributed by atoms with Crippen molar-refractivity contribution in [2.45, 2.75) is 26.9 Å². The third kappa shape index (κ3) is 4.91. The van der Waals surface area contributed by atoms with Gasteiger partial charge in [0.15, 0.2) is 11.6 Å². The lowest BCUT2D eigenvalue weighted by atomic mass is 10.3. The van der Waals surface area contributed by atoms with E-state index in [1.807, 2.05) is 45.0 Å². The van der Waals surface area contributed by atoms with Crippen LogP contribution in [0.25, 0.3) is 0 Å². The highest BCUT2D eigenvalue weighted by Crippen LogP contribution is 2.28. The molecule has 0 amide bonds. The van der Waals surface area contributed by atoms with Gasteiger partial charge in [0, 0.05) is 23.5 Å². The van der Waals surface area contributed by atoms with Crippen molar-refractivity contribution in [2.75, 3.05) is 10.6 Å². The third-order valence-corrected chi connectivity index (χ3v) is 3.54. The number of hydrogen-bond donors (Lipinski definition) is 2. The molecule has 0 aliphatic heterocycles. The molecule has 0 aliphatic rings. The number of rotatable bonds is 6. The van der Waals surface area contributed by atoms with E-state index in [0.29, 0.717) is 22.9 Å². The summed E-state index contributed by atoms with van der Waals surface area (Å²) in [5, 5.41) is 6.10. The predicted octanol–water partition coefficient (Wildman–Crippen LogP) is 5.34. The first-order valence-electron chi connectivity index (χ1n) is 8.51. The molecule has 3 rings (SSSR count). The zero-order chi connectivity index (χ0) is 19.4. The summed E-state index contributed by atoms with van der Waals surface area (Å²) in [4.78, 5) is 8.68. The van der Waals surface area contributed by atoms with Gasteiger partial charge in [-0.25, -0.2) is 13.8 Å². The summed E-state index contributed by atoms with van der Waals surface area (Å²) in [6, 6.07) is 12.8. The van der Waals surface area contributed by atoms with E-state index in [1.165, 1.54) is 6.07 Å². The largest absolute Gasteiger partial charge is 0.489 e. The molecule has 0 atom stereocenters.